The molecule has 20 heavy (non-hydrogen) atoms. The predicted molar refractivity (Wildman–Crippen MR) is 73.5 cm³/mol. The Kier molecular flexibility index (Phi) is 3.68. The highest BCUT2D eigenvalue weighted by Crippen LogP contribution is 2.47. The third kappa shape index (κ3) is 2.73. The molecule has 1 aromatic carbocycles. The molecule has 2 rings (SSSR count). The summed E-state index contributed by atoms with van der Waals surface area (Å²) in [7, 11) is 0. The Bertz CT molecular complexity index is 585. The van der Waals surface area contributed by atoms with Crippen LogP contribution in [-0.4, -0.2) is 10.9 Å². The number of hydrogen-bond acceptors (Lipinski definition) is 2. The maximum atomic E-state index is 12.9. The van der Waals surface area contributed by atoms with Gasteiger partial charge in [-0.25, -0.2) is 0 Å². The molecule has 0 unspecified atom stereocenters. The minimum Gasteiger partial charge on any atom is -0.392 e. The van der Waals surface area contributed by atoms with Gasteiger partial charge in [-0.15, -0.1) is 0 Å². The molecule has 1 saturated carbocycles. The Balaban J connectivity index is 2.31. The zero-order chi connectivity index (χ0) is 15.1. The Morgan fingerprint density at radius 1 is 1.40 bits per heavy atom. The summed E-state index contributed by atoms with van der Waals surface area (Å²) >= 11 is 10.3. The Morgan fingerprint density at radius 2 is 2.00 bits per heavy atom. The van der Waals surface area contributed by atoms with E-state index in [9.17, 15) is 18.0 Å². The SMILES string of the molecule is NC(=S)C1(C(=O)Nc2ccc(Cl)cc2C(F)(F)F)CC1. The molecule has 0 spiro atoms. The van der Waals surface area contributed by atoms with E-state index in [-0.39, 0.29) is 15.7 Å². The van der Waals surface area contributed by atoms with Gasteiger partial charge < -0.3 is 11.1 Å². The van der Waals surface area contributed by atoms with Crippen molar-refractivity contribution in [2.75, 3.05) is 5.32 Å². The van der Waals surface area contributed by atoms with E-state index < -0.39 is 23.1 Å². The average Bonchev–Trinajstić information content (AvgIpc) is 3.11. The second kappa shape index (κ2) is 4.89. The second-order valence-electron chi connectivity index (χ2n) is 4.59. The fraction of sp³-hybridized carbons (Fsp3) is 0.333. The van der Waals surface area contributed by atoms with Crippen LogP contribution in [0.15, 0.2) is 18.2 Å². The van der Waals surface area contributed by atoms with Gasteiger partial charge in [-0.05, 0) is 31.0 Å². The van der Waals surface area contributed by atoms with Crippen LogP contribution in [0.2, 0.25) is 5.02 Å². The van der Waals surface area contributed by atoms with Gasteiger partial charge in [-0.1, -0.05) is 23.8 Å². The summed E-state index contributed by atoms with van der Waals surface area (Å²) in [6.07, 6.45) is -3.72. The lowest BCUT2D eigenvalue weighted by molar-refractivity contribution is -0.137. The highest BCUT2D eigenvalue weighted by atomic mass is 35.5. The number of thiocarbonyl (C=S) groups is 1. The van der Waals surface area contributed by atoms with E-state index in [1.807, 2.05) is 0 Å². The molecular weight excluding hydrogens is 313 g/mol. The maximum absolute atomic E-state index is 12.9. The third-order valence-electron chi connectivity index (χ3n) is 3.19. The molecule has 0 aromatic heterocycles. The van der Waals surface area contributed by atoms with E-state index in [0.29, 0.717) is 12.8 Å². The Morgan fingerprint density at radius 3 is 2.45 bits per heavy atom. The van der Waals surface area contributed by atoms with Crippen molar-refractivity contribution in [3.05, 3.63) is 28.8 Å². The fourth-order valence-electron chi connectivity index (χ4n) is 1.81. The molecule has 8 heteroatoms. The zero-order valence-corrected chi connectivity index (χ0v) is 11.6. The highest BCUT2D eigenvalue weighted by molar-refractivity contribution is 7.80. The van der Waals surface area contributed by atoms with Crippen molar-refractivity contribution in [1.82, 2.24) is 0 Å². The van der Waals surface area contributed by atoms with Crippen molar-refractivity contribution < 1.29 is 18.0 Å². The van der Waals surface area contributed by atoms with Gasteiger partial charge >= 0.3 is 6.18 Å². The number of halogens is 4. The van der Waals surface area contributed by atoms with Crippen molar-refractivity contribution in [1.29, 1.82) is 0 Å². The molecule has 0 heterocycles. The van der Waals surface area contributed by atoms with Gasteiger partial charge in [0.25, 0.3) is 0 Å². The van der Waals surface area contributed by atoms with E-state index in [2.05, 4.69) is 5.32 Å². The van der Waals surface area contributed by atoms with Gasteiger partial charge in [0.1, 0.15) is 0 Å². The normalized spacial score (nSPS) is 16.6. The van der Waals surface area contributed by atoms with E-state index in [4.69, 9.17) is 29.6 Å². The summed E-state index contributed by atoms with van der Waals surface area (Å²) in [5.41, 5.74) is 3.09. The van der Waals surface area contributed by atoms with Gasteiger partial charge in [-0.3, -0.25) is 4.79 Å². The lowest BCUT2D eigenvalue weighted by Gasteiger charge is -2.17. The number of alkyl halides is 3. The molecule has 1 aliphatic rings. The lowest BCUT2D eigenvalue weighted by Crippen LogP contribution is -2.35. The molecule has 0 atom stereocenters. The number of nitrogens with one attached hydrogen (secondary N) is 1. The third-order valence-corrected chi connectivity index (χ3v) is 3.82. The van der Waals surface area contributed by atoms with Crippen LogP contribution in [-0.2, 0) is 11.0 Å². The minimum atomic E-state index is -4.62. The van der Waals surface area contributed by atoms with Crippen molar-refractivity contribution in [3.8, 4) is 0 Å². The quantitative estimate of drug-likeness (QED) is 0.839. The first-order valence-corrected chi connectivity index (χ1v) is 6.43. The summed E-state index contributed by atoms with van der Waals surface area (Å²) < 4.78 is 38.7. The van der Waals surface area contributed by atoms with Crippen molar-refractivity contribution in [2.45, 2.75) is 19.0 Å². The molecule has 0 radical (unpaired) electrons. The predicted octanol–water partition coefficient (Wildman–Crippen LogP) is 3.36. The second-order valence-corrected chi connectivity index (χ2v) is 5.46. The summed E-state index contributed by atoms with van der Waals surface area (Å²) in [6, 6.07) is 3.14. The molecule has 3 N–H and O–H groups in total. The molecule has 108 valence electrons. The van der Waals surface area contributed by atoms with Crippen molar-refractivity contribution >= 4 is 40.4 Å². The number of hydrogen-bond donors (Lipinski definition) is 2. The molecule has 3 nitrogen and oxygen atoms in total. The molecule has 1 amide bonds. The number of carbonyl (C=O) groups is 1. The average molecular weight is 323 g/mol. The van der Waals surface area contributed by atoms with E-state index in [0.717, 1.165) is 12.1 Å². The number of amides is 1. The topological polar surface area (TPSA) is 55.1 Å². The van der Waals surface area contributed by atoms with Gasteiger partial charge in [-0.2, -0.15) is 13.2 Å². The highest BCUT2D eigenvalue weighted by Gasteiger charge is 2.53. The first kappa shape index (κ1) is 15.1. The molecule has 1 aromatic rings. The largest absolute Gasteiger partial charge is 0.418 e. The standard InChI is InChI=1S/C12H10ClF3N2OS/c13-6-1-2-8(7(5-6)12(14,15)16)18-10(19)11(3-4-11)9(17)20/h1-2,5H,3-4H2,(H2,17,20)(H,18,19). The Labute approximate surface area is 123 Å². The number of rotatable bonds is 3. The molecule has 1 fully saturated rings. The van der Waals surface area contributed by atoms with Crippen molar-refractivity contribution in [3.63, 3.8) is 0 Å². The number of nitrogens with two attached hydrogens (primary N) is 1. The summed E-state index contributed by atoms with van der Waals surface area (Å²) in [5, 5.41) is 2.18. The van der Waals surface area contributed by atoms with Gasteiger partial charge in [0.05, 0.1) is 21.7 Å². The smallest absolute Gasteiger partial charge is 0.392 e. The Hall–Kier alpha value is -1.34. The summed E-state index contributed by atoms with van der Waals surface area (Å²) in [6.45, 7) is 0. The van der Waals surface area contributed by atoms with E-state index in [1.54, 1.807) is 0 Å². The summed E-state index contributed by atoms with van der Waals surface area (Å²) in [4.78, 5) is 12.0. The number of benzene rings is 1. The lowest BCUT2D eigenvalue weighted by atomic mass is 10.1. The van der Waals surface area contributed by atoms with E-state index in [1.165, 1.54) is 6.07 Å². The van der Waals surface area contributed by atoms with Crippen LogP contribution in [0.1, 0.15) is 18.4 Å². The molecular formula is C12H10ClF3N2OS. The monoisotopic (exact) mass is 322 g/mol. The van der Waals surface area contributed by atoms with Gasteiger partial charge in [0.15, 0.2) is 0 Å². The first-order chi connectivity index (χ1) is 9.17. The van der Waals surface area contributed by atoms with Gasteiger partial charge in [0, 0.05) is 5.02 Å². The number of anilines is 1. The van der Waals surface area contributed by atoms with Crippen LogP contribution in [0.3, 0.4) is 0 Å². The van der Waals surface area contributed by atoms with Crippen LogP contribution in [0, 0.1) is 5.41 Å². The van der Waals surface area contributed by atoms with E-state index >= 15 is 0 Å². The molecule has 0 saturated heterocycles. The molecule has 1 aliphatic carbocycles. The zero-order valence-electron chi connectivity index (χ0n) is 10.1. The molecule has 0 aliphatic heterocycles. The first-order valence-electron chi connectivity index (χ1n) is 5.65. The summed E-state index contributed by atoms with van der Waals surface area (Å²) in [5.74, 6) is -0.613. The maximum Gasteiger partial charge on any atom is 0.418 e. The van der Waals surface area contributed by atoms with Crippen LogP contribution < -0.4 is 11.1 Å². The van der Waals surface area contributed by atoms with Crippen LogP contribution in [0.5, 0.6) is 0 Å². The number of carbonyl (C=O) groups excluding carboxylic acids is 1. The van der Waals surface area contributed by atoms with Crippen LogP contribution >= 0.6 is 23.8 Å². The molecule has 0 bridgehead atoms. The van der Waals surface area contributed by atoms with Crippen LogP contribution in [0.4, 0.5) is 18.9 Å². The van der Waals surface area contributed by atoms with Crippen molar-refractivity contribution in [2.24, 2.45) is 11.1 Å². The minimum absolute atomic E-state index is 0.00229. The fourth-order valence-corrected chi connectivity index (χ4v) is 2.28. The van der Waals surface area contributed by atoms with Gasteiger partial charge in [0.2, 0.25) is 5.91 Å². The van der Waals surface area contributed by atoms with Crippen LogP contribution in [0.25, 0.3) is 0 Å².